The summed E-state index contributed by atoms with van der Waals surface area (Å²) in [7, 11) is 0. The Bertz CT molecular complexity index is 1090. The van der Waals surface area contributed by atoms with Crippen LogP contribution in [0.2, 0.25) is 0 Å². The van der Waals surface area contributed by atoms with E-state index in [1.54, 1.807) is 0 Å². The summed E-state index contributed by atoms with van der Waals surface area (Å²) < 4.78 is 1.06. The Hall–Kier alpha value is -1.77. The molecule has 0 aliphatic heterocycles. The molecule has 29 heavy (non-hydrogen) atoms. The minimum Gasteiger partial charge on any atom is -0.341 e. The molecule has 148 valence electrons. The smallest absolute Gasteiger partial charge is 0.121 e. The molecule has 0 saturated carbocycles. The second-order valence-electron chi connectivity index (χ2n) is 7.56. The van der Waals surface area contributed by atoms with Crippen molar-refractivity contribution in [3.05, 3.63) is 81.6 Å². The molecular weight excluding hydrogens is 491 g/mol. The van der Waals surface area contributed by atoms with Crippen LogP contribution in [0.25, 0.3) is 11.0 Å². The minimum atomic E-state index is 0.329. The zero-order chi connectivity index (χ0) is 19.6. The monoisotopic (exact) mass is 514 g/mol. The lowest BCUT2D eigenvalue weighted by Crippen LogP contribution is -2.32. The predicted molar refractivity (Wildman–Crippen MR) is 127 cm³/mol. The average Bonchev–Trinajstić information content (AvgIpc) is 3.38. The maximum absolute atomic E-state index is 4.86. The molecule has 1 aromatic carbocycles. The fourth-order valence-electron chi connectivity index (χ4n) is 4.33. The van der Waals surface area contributed by atoms with Crippen LogP contribution in [-0.2, 0) is 23.9 Å². The molecule has 5 rings (SSSR count). The van der Waals surface area contributed by atoms with Crippen molar-refractivity contribution in [1.82, 2.24) is 19.9 Å². The maximum Gasteiger partial charge on any atom is 0.121 e. The summed E-state index contributed by atoms with van der Waals surface area (Å²) in [5.41, 5.74) is 6.23. The summed E-state index contributed by atoms with van der Waals surface area (Å²) in [6.45, 7) is 1.73. The largest absolute Gasteiger partial charge is 0.341 e. The zero-order valence-corrected chi connectivity index (χ0v) is 19.1. The van der Waals surface area contributed by atoms with Crippen LogP contribution in [0, 0.1) is 0 Å². The Kier molecular flexibility index (Phi) is 5.65. The van der Waals surface area contributed by atoms with E-state index < -0.39 is 0 Å². The molecule has 0 radical (unpaired) electrons. The summed E-state index contributed by atoms with van der Waals surface area (Å²) in [5.74, 6) is 1.03. The molecule has 1 atom stereocenters. The fourth-order valence-corrected chi connectivity index (χ4v) is 6.11. The number of halogens is 1. The molecule has 0 bridgehead atoms. The highest BCUT2D eigenvalue weighted by molar-refractivity contribution is 14.1. The van der Waals surface area contributed by atoms with Crippen molar-refractivity contribution in [3.8, 4) is 0 Å². The van der Waals surface area contributed by atoms with Gasteiger partial charge in [0.25, 0.3) is 0 Å². The number of nitrogens with one attached hydrogen (secondary N) is 1. The fraction of sp³-hybridized carbons (Fsp3) is 0.304. The van der Waals surface area contributed by atoms with Gasteiger partial charge in [-0.25, -0.2) is 4.98 Å². The van der Waals surface area contributed by atoms with Crippen LogP contribution in [0.15, 0.2) is 54.0 Å². The Morgan fingerprint density at radius 2 is 2.07 bits per heavy atom. The van der Waals surface area contributed by atoms with Crippen LogP contribution in [0.3, 0.4) is 0 Å². The number of para-hydroxylation sites is 2. The number of hydrogen-bond donors (Lipinski definition) is 1. The molecule has 4 nitrogen and oxygen atoms in total. The van der Waals surface area contributed by atoms with Crippen molar-refractivity contribution in [1.29, 1.82) is 0 Å². The lowest BCUT2D eigenvalue weighted by Gasteiger charge is -2.34. The normalized spacial score (nSPS) is 16.4. The summed E-state index contributed by atoms with van der Waals surface area (Å²) >= 11 is 4.33. The van der Waals surface area contributed by atoms with Crippen LogP contribution in [0.5, 0.6) is 0 Å². The van der Waals surface area contributed by atoms with Crippen molar-refractivity contribution in [2.24, 2.45) is 0 Å². The van der Waals surface area contributed by atoms with Crippen molar-refractivity contribution < 1.29 is 0 Å². The van der Waals surface area contributed by atoms with Gasteiger partial charge >= 0.3 is 0 Å². The number of aromatic amines is 1. The molecule has 0 fully saturated rings. The van der Waals surface area contributed by atoms with E-state index in [0.717, 1.165) is 47.2 Å². The van der Waals surface area contributed by atoms with Gasteiger partial charge in [-0.05, 0) is 60.0 Å². The SMILES string of the molecule is ICc1sccc1CN(Cc1nc2ccccc2[nH]1)C1CCCc2cccnc21. The number of aromatic nitrogens is 3. The molecule has 0 spiro atoms. The van der Waals surface area contributed by atoms with Gasteiger partial charge in [-0.2, -0.15) is 0 Å². The van der Waals surface area contributed by atoms with Gasteiger partial charge in [-0.1, -0.05) is 40.8 Å². The van der Waals surface area contributed by atoms with Gasteiger partial charge in [-0.15, -0.1) is 11.3 Å². The number of H-pyrrole nitrogens is 1. The van der Waals surface area contributed by atoms with Gasteiger partial charge in [0.05, 0.1) is 29.3 Å². The first kappa shape index (κ1) is 19.2. The maximum atomic E-state index is 4.86. The molecule has 1 N–H and O–H groups in total. The summed E-state index contributed by atoms with van der Waals surface area (Å²) in [6.07, 6.45) is 5.43. The molecule has 1 aliphatic rings. The third-order valence-corrected chi connectivity index (χ3v) is 7.97. The lowest BCUT2D eigenvalue weighted by molar-refractivity contribution is 0.153. The lowest BCUT2D eigenvalue weighted by atomic mass is 9.90. The summed E-state index contributed by atoms with van der Waals surface area (Å²) in [4.78, 5) is 17.2. The van der Waals surface area contributed by atoms with E-state index in [-0.39, 0.29) is 0 Å². The zero-order valence-electron chi connectivity index (χ0n) is 16.1. The van der Waals surface area contributed by atoms with Crippen LogP contribution in [0.1, 0.15) is 46.4 Å². The summed E-state index contributed by atoms with van der Waals surface area (Å²) in [6, 6.07) is 15.2. The summed E-state index contributed by atoms with van der Waals surface area (Å²) in [5, 5.41) is 2.22. The van der Waals surface area contributed by atoms with Crippen molar-refractivity contribution in [2.75, 3.05) is 0 Å². The first-order valence-corrected chi connectivity index (χ1v) is 12.4. The Morgan fingerprint density at radius 1 is 1.14 bits per heavy atom. The predicted octanol–water partition coefficient (Wildman–Crippen LogP) is 6.03. The van der Waals surface area contributed by atoms with Crippen molar-refractivity contribution in [2.45, 2.75) is 42.8 Å². The van der Waals surface area contributed by atoms with Crippen LogP contribution in [0.4, 0.5) is 0 Å². The van der Waals surface area contributed by atoms with E-state index in [2.05, 4.69) is 74.3 Å². The first-order valence-electron chi connectivity index (χ1n) is 10.0. The number of imidazole rings is 1. The highest BCUT2D eigenvalue weighted by Gasteiger charge is 2.28. The van der Waals surface area contributed by atoms with E-state index in [9.17, 15) is 0 Å². The van der Waals surface area contributed by atoms with Crippen molar-refractivity contribution in [3.63, 3.8) is 0 Å². The number of thiophene rings is 1. The third-order valence-electron chi connectivity index (χ3n) is 5.73. The van der Waals surface area contributed by atoms with Crippen molar-refractivity contribution >= 4 is 45.0 Å². The van der Waals surface area contributed by atoms with Gasteiger partial charge in [-0.3, -0.25) is 9.88 Å². The second kappa shape index (κ2) is 8.53. The molecule has 4 aromatic rings. The van der Waals surface area contributed by atoms with E-state index in [4.69, 9.17) is 9.97 Å². The Balaban J connectivity index is 1.51. The standard InChI is InChI=1S/C23H23IN4S/c24-13-21-17(10-12-29-21)14-28(15-22-26-18-7-1-2-8-19(18)27-22)20-9-3-5-16-6-4-11-25-23(16)20/h1-2,4,6-8,10-12,20H,3,5,9,13-15H2,(H,26,27). The number of aryl methyl sites for hydroxylation is 1. The third kappa shape index (κ3) is 3.98. The Morgan fingerprint density at radius 3 is 2.97 bits per heavy atom. The highest BCUT2D eigenvalue weighted by atomic mass is 127. The van der Waals surface area contributed by atoms with Crippen LogP contribution >= 0.6 is 33.9 Å². The second-order valence-corrected chi connectivity index (χ2v) is 9.33. The van der Waals surface area contributed by atoms with Crippen LogP contribution in [-0.4, -0.2) is 19.9 Å². The van der Waals surface area contributed by atoms with Crippen LogP contribution < -0.4 is 0 Å². The first-order chi connectivity index (χ1) is 14.3. The van der Waals surface area contributed by atoms with E-state index in [0.29, 0.717) is 6.04 Å². The number of hydrogen-bond acceptors (Lipinski definition) is 4. The average molecular weight is 514 g/mol. The quantitative estimate of drug-likeness (QED) is 0.252. The molecule has 1 unspecified atom stereocenters. The minimum absolute atomic E-state index is 0.329. The molecule has 1 aliphatic carbocycles. The number of nitrogens with zero attached hydrogens (tertiary/aromatic N) is 3. The topological polar surface area (TPSA) is 44.8 Å². The van der Waals surface area contributed by atoms with Gasteiger partial charge in [0, 0.05) is 22.0 Å². The Labute approximate surface area is 188 Å². The van der Waals surface area contributed by atoms with E-state index >= 15 is 0 Å². The van der Waals surface area contributed by atoms with Gasteiger partial charge < -0.3 is 4.98 Å². The molecule has 0 saturated heterocycles. The number of pyridine rings is 1. The molecule has 3 heterocycles. The van der Waals surface area contributed by atoms with E-state index in [1.807, 2.05) is 23.6 Å². The van der Waals surface area contributed by atoms with Gasteiger partial charge in [0.1, 0.15) is 5.82 Å². The number of alkyl halides is 1. The molecule has 3 aromatic heterocycles. The number of benzene rings is 1. The molecular formula is C23H23IN4S. The highest BCUT2D eigenvalue weighted by Crippen LogP contribution is 2.35. The van der Waals surface area contributed by atoms with Gasteiger partial charge in [0.2, 0.25) is 0 Å². The molecule has 0 amide bonds. The number of fused-ring (bicyclic) bond motifs is 2. The van der Waals surface area contributed by atoms with Gasteiger partial charge in [0.15, 0.2) is 0 Å². The number of rotatable bonds is 6. The van der Waals surface area contributed by atoms with E-state index in [1.165, 1.54) is 28.1 Å². The molecule has 6 heteroatoms.